The third-order valence-electron chi connectivity index (χ3n) is 3.07. The zero-order chi connectivity index (χ0) is 14.8. The minimum atomic E-state index is 0.623. The van der Waals surface area contributed by atoms with Gasteiger partial charge in [-0.05, 0) is 19.1 Å². The van der Waals surface area contributed by atoms with Crippen molar-refractivity contribution in [2.75, 3.05) is 19.5 Å². The van der Waals surface area contributed by atoms with Crippen LogP contribution in [0.1, 0.15) is 5.82 Å². The van der Waals surface area contributed by atoms with Gasteiger partial charge in [-0.1, -0.05) is 0 Å². The molecule has 0 bridgehead atoms. The minimum Gasteiger partial charge on any atom is -0.497 e. The predicted molar refractivity (Wildman–Crippen MR) is 79.2 cm³/mol. The van der Waals surface area contributed by atoms with Crippen LogP contribution in [0.2, 0.25) is 0 Å². The van der Waals surface area contributed by atoms with E-state index in [0.29, 0.717) is 17.2 Å². The number of fused-ring (bicyclic) bond motifs is 1. The molecule has 0 aliphatic rings. The number of anilines is 2. The number of imidazole rings is 1. The summed E-state index contributed by atoms with van der Waals surface area (Å²) in [5.41, 5.74) is 2.16. The van der Waals surface area contributed by atoms with E-state index < -0.39 is 0 Å². The second-order valence-corrected chi connectivity index (χ2v) is 4.43. The molecule has 0 saturated carbocycles. The van der Waals surface area contributed by atoms with Gasteiger partial charge >= 0.3 is 0 Å². The zero-order valence-electron chi connectivity index (χ0n) is 12.0. The molecule has 7 nitrogen and oxygen atoms in total. The molecule has 0 atom stereocenters. The highest BCUT2D eigenvalue weighted by atomic mass is 16.5. The molecule has 0 aliphatic carbocycles. The first-order valence-corrected chi connectivity index (χ1v) is 6.37. The van der Waals surface area contributed by atoms with Crippen molar-refractivity contribution in [2.24, 2.45) is 0 Å². The van der Waals surface area contributed by atoms with Crippen LogP contribution in [0.3, 0.4) is 0 Å². The van der Waals surface area contributed by atoms with Gasteiger partial charge in [-0.2, -0.15) is 0 Å². The number of hydrogen-bond donors (Lipinski definition) is 2. The fourth-order valence-corrected chi connectivity index (χ4v) is 2.07. The maximum absolute atomic E-state index is 5.37. The quantitative estimate of drug-likeness (QED) is 0.765. The molecule has 0 unspecified atom stereocenters. The molecule has 3 aromatic rings. The molecule has 1 aromatic carbocycles. The predicted octanol–water partition coefficient (Wildman–Crippen LogP) is 2.42. The number of aromatic nitrogens is 4. The minimum absolute atomic E-state index is 0.623. The summed E-state index contributed by atoms with van der Waals surface area (Å²) in [5, 5.41) is 3.23. The van der Waals surface area contributed by atoms with Gasteiger partial charge in [0, 0.05) is 6.07 Å². The zero-order valence-corrected chi connectivity index (χ0v) is 12.0. The number of methoxy groups -OCH3 is 2. The number of rotatable bonds is 4. The average Bonchev–Trinajstić information content (AvgIpc) is 2.89. The topological polar surface area (TPSA) is 85.0 Å². The van der Waals surface area contributed by atoms with Gasteiger partial charge in [0.25, 0.3) is 0 Å². The van der Waals surface area contributed by atoms with Crippen LogP contribution in [-0.2, 0) is 0 Å². The lowest BCUT2D eigenvalue weighted by Crippen LogP contribution is -1.98. The van der Waals surface area contributed by atoms with E-state index in [2.05, 4.69) is 25.3 Å². The molecule has 0 amide bonds. The van der Waals surface area contributed by atoms with Crippen molar-refractivity contribution >= 4 is 22.7 Å². The van der Waals surface area contributed by atoms with Gasteiger partial charge in [-0.15, -0.1) is 0 Å². The number of nitrogens with one attached hydrogen (secondary N) is 2. The molecule has 108 valence electrons. The van der Waals surface area contributed by atoms with Crippen LogP contribution in [-0.4, -0.2) is 34.2 Å². The molecule has 2 N–H and O–H groups in total. The first kappa shape index (κ1) is 13.2. The molecule has 0 spiro atoms. The van der Waals surface area contributed by atoms with Crippen LogP contribution < -0.4 is 14.8 Å². The first-order chi connectivity index (χ1) is 10.2. The Labute approximate surface area is 121 Å². The lowest BCUT2D eigenvalue weighted by molar-refractivity contribution is 0.395. The Kier molecular flexibility index (Phi) is 3.31. The number of nitrogens with zero attached hydrogens (tertiary/aromatic N) is 3. The number of benzene rings is 1. The standard InChI is InChI=1S/C14H15N5O2/c1-8-17-12-13(18-8)15-7-16-14(12)19-10-5-4-9(20-2)6-11(10)21-3/h4-7H,1-3H3,(H2,15,16,17,18,19). The van der Waals surface area contributed by atoms with Crippen LogP contribution >= 0.6 is 0 Å². The molecule has 7 heteroatoms. The molecule has 21 heavy (non-hydrogen) atoms. The summed E-state index contributed by atoms with van der Waals surface area (Å²) in [4.78, 5) is 15.8. The lowest BCUT2D eigenvalue weighted by atomic mass is 10.2. The van der Waals surface area contributed by atoms with Gasteiger partial charge in [0.05, 0.1) is 19.9 Å². The first-order valence-electron chi connectivity index (χ1n) is 6.37. The number of aromatic amines is 1. The largest absolute Gasteiger partial charge is 0.497 e. The number of aryl methyl sites for hydroxylation is 1. The molecular weight excluding hydrogens is 270 g/mol. The maximum atomic E-state index is 5.37. The Balaban J connectivity index is 2.02. The van der Waals surface area contributed by atoms with Crippen molar-refractivity contribution in [1.29, 1.82) is 0 Å². The van der Waals surface area contributed by atoms with Crippen LogP contribution in [0, 0.1) is 6.92 Å². The van der Waals surface area contributed by atoms with Crippen molar-refractivity contribution < 1.29 is 9.47 Å². The Morgan fingerprint density at radius 2 is 2.00 bits per heavy atom. The molecule has 2 aromatic heterocycles. The number of ether oxygens (including phenoxy) is 2. The van der Waals surface area contributed by atoms with Crippen LogP contribution in [0.25, 0.3) is 11.2 Å². The van der Waals surface area contributed by atoms with Gasteiger partial charge < -0.3 is 19.8 Å². The Hall–Kier alpha value is -2.83. The highest BCUT2D eigenvalue weighted by Gasteiger charge is 2.11. The fourth-order valence-electron chi connectivity index (χ4n) is 2.07. The molecule has 0 radical (unpaired) electrons. The van der Waals surface area contributed by atoms with E-state index >= 15 is 0 Å². The Morgan fingerprint density at radius 3 is 2.76 bits per heavy atom. The third kappa shape index (κ3) is 2.45. The van der Waals surface area contributed by atoms with Crippen molar-refractivity contribution in [1.82, 2.24) is 19.9 Å². The molecule has 0 fully saturated rings. The van der Waals surface area contributed by atoms with E-state index in [1.54, 1.807) is 20.3 Å². The number of hydrogen-bond acceptors (Lipinski definition) is 6. The maximum Gasteiger partial charge on any atom is 0.183 e. The van der Waals surface area contributed by atoms with E-state index in [-0.39, 0.29) is 0 Å². The smallest absolute Gasteiger partial charge is 0.183 e. The Morgan fingerprint density at radius 1 is 1.14 bits per heavy atom. The molecule has 2 heterocycles. The highest BCUT2D eigenvalue weighted by Crippen LogP contribution is 2.32. The second-order valence-electron chi connectivity index (χ2n) is 4.43. The van der Waals surface area contributed by atoms with E-state index in [0.717, 1.165) is 22.8 Å². The SMILES string of the molecule is COc1ccc(Nc2ncnc3nc(C)[nH]c23)c(OC)c1. The fraction of sp³-hybridized carbons (Fsp3) is 0.214. The summed E-state index contributed by atoms with van der Waals surface area (Å²) < 4.78 is 10.6. The normalized spacial score (nSPS) is 10.6. The van der Waals surface area contributed by atoms with Crippen molar-refractivity contribution in [2.45, 2.75) is 6.92 Å². The van der Waals surface area contributed by atoms with Gasteiger partial charge in [0.2, 0.25) is 0 Å². The van der Waals surface area contributed by atoms with Crippen LogP contribution in [0.15, 0.2) is 24.5 Å². The van der Waals surface area contributed by atoms with E-state index in [4.69, 9.17) is 9.47 Å². The average molecular weight is 285 g/mol. The van der Waals surface area contributed by atoms with Gasteiger partial charge in [0.15, 0.2) is 11.5 Å². The Bertz CT molecular complexity index is 784. The monoisotopic (exact) mass is 285 g/mol. The van der Waals surface area contributed by atoms with Crippen molar-refractivity contribution in [3.8, 4) is 11.5 Å². The molecular formula is C14H15N5O2. The summed E-state index contributed by atoms with van der Waals surface area (Å²) in [7, 11) is 3.22. The van der Waals surface area contributed by atoms with E-state index in [1.165, 1.54) is 6.33 Å². The van der Waals surface area contributed by atoms with E-state index in [9.17, 15) is 0 Å². The summed E-state index contributed by atoms with van der Waals surface area (Å²) in [6.07, 6.45) is 1.47. The summed E-state index contributed by atoms with van der Waals surface area (Å²) in [5.74, 6) is 2.82. The summed E-state index contributed by atoms with van der Waals surface area (Å²) >= 11 is 0. The van der Waals surface area contributed by atoms with Gasteiger partial charge in [0.1, 0.15) is 29.2 Å². The van der Waals surface area contributed by atoms with Crippen molar-refractivity contribution in [3.63, 3.8) is 0 Å². The number of H-pyrrole nitrogens is 1. The van der Waals surface area contributed by atoms with Crippen LogP contribution in [0.5, 0.6) is 11.5 Å². The van der Waals surface area contributed by atoms with Gasteiger partial charge in [-0.25, -0.2) is 15.0 Å². The van der Waals surface area contributed by atoms with Crippen molar-refractivity contribution in [3.05, 3.63) is 30.4 Å². The van der Waals surface area contributed by atoms with E-state index in [1.807, 2.05) is 19.1 Å². The third-order valence-corrected chi connectivity index (χ3v) is 3.07. The van der Waals surface area contributed by atoms with Gasteiger partial charge in [-0.3, -0.25) is 0 Å². The summed E-state index contributed by atoms with van der Waals surface area (Å²) in [6, 6.07) is 5.52. The summed E-state index contributed by atoms with van der Waals surface area (Å²) in [6.45, 7) is 1.87. The molecule has 0 saturated heterocycles. The molecule has 0 aliphatic heterocycles. The second kappa shape index (κ2) is 5.28. The van der Waals surface area contributed by atoms with Crippen LogP contribution in [0.4, 0.5) is 11.5 Å². The lowest BCUT2D eigenvalue weighted by Gasteiger charge is -2.12. The highest BCUT2D eigenvalue weighted by molar-refractivity contribution is 5.85. The molecule has 3 rings (SSSR count).